The van der Waals surface area contributed by atoms with Crippen molar-refractivity contribution in [3.8, 4) is 5.82 Å². The molecule has 0 amide bonds. The molecule has 5 aromatic rings. The van der Waals surface area contributed by atoms with Crippen LogP contribution >= 0.6 is 0 Å². The Morgan fingerprint density at radius 3 is 1.44 bits per heavy atom. The molecular weight excluding hydrogens is 698 g/mol. The molecule has 0 saturated heterocycles. The van der Waals surface area contributed by atoms with Crippen LogP contribution in [0.1, 0.15) is 75.4 Å². The molecule has 0 atom stereocenters. The quantitative estimate of drug-likeness (QED) is 0.136. The molecule has 0 unspecified atom stereocenters. The van der Waals surface area contributed by atoms with Gasteiger partial charge in [-0.2, -0.15) is 10.2 Å². The van der Waals surface area contributed by atoms with Gasteiger partial charge in [0.2, 0.25) is 0 Å². The second-order valence-corrected chi connectivity index (χ2v) is 11.8. The Bertz CT molecular complexity index is 1870. The second kappa shape index (κ2) is 21.7. The van der Waals surface area contributed by atoms with Crippen LogP contribution < -0.4 is 0 Å². The number of aliphatic imine (C=N–C) groups is 2. The number of aromatic amines is 2. The number of H-pyrrole nitrogens is 2. The van der Waals surface area contributed by atoms with Crippen molar-refractivity contribution in [3.63, 3.8) is 0 Å². The van der Waals surface area contributed by atoms with E-state index in [9.17, 15) is 0 Å². The topological polar surface area (TPSA) is 126 Å². The summed E-state index contributed by atoms with van der Waals surface area (Å²) < 4.78 is 5.48. The molecule has 0 aliphatic carbocycles. The van der Waals surface area contributed by atoms with Gasteiger partial charge in [0, 0.05) is 11.4 Å². The number of aryl methyl sites for hydroxylation is 6. The SMILES string of the molecule is C.Cc1n[nH]c(C)c1C.Cc1n[nH]c(C)c1C.[CH-]=CN=C([CH]=[V])c1cccc(-n2nc(C)c(C)c2C)n1.[CH-]=CN=C([CH]=[V])c1cccc(C)n1. The first-order chi connectivity index (χ1) is 23.3. The molecule has 0 fully saturated rings. The Morgan fingerprint density at radius 1 is 0.660 bits per heavy atom. The third-order valence-corrected chi connectivity index (χ3v) is 8.45. The zero-order chi connectivity index (χ0) is 36.7. The number of nitrogens with zero attached hydrogens (tertiary/aromatic N) is 8. The van der Waals surface area contributed by atoms with Gasteiger partial charge < -0.3 is 0 Å². The zero-order valence-electron chi connectivity index (χ0n) is 29.9. The standard InChI is InChI=1S/C15H15N4.C10H9N2.2C6H10N2.CH4.2V/c1-6-16-12(4)14-8-7-9-15(17-14)19-13(5)10(2)11(3)18-19;1-4-11-9(3)10-7-5-6-8(2)12-10;2*1-4-5(2)7-8-6(4)3;;;/h1,4,6-9H,2-3,5H3;1,3-7H,2H3;2*1-3H3,(H,7,8);1H4;;/q2*-1;;;;;. The number of aromatic nitrogens is 8. The maximum absolute atomic E-state index is 5.35. The number of pyridine rings is 2. The molecule has 0 aliphatic heterocycles. The molecular formula is C38H48N10V2-2. The molecule has 12 heteroatoms. The summed E-state index contributed by atoms with van der Waals surface area (Å²) in [6.45, 7) is 30.8. The normalized spacial score (nSPS) is 10.6. The molecule has 5 heterocycles. The van der Waals surface area contributed by atoms with Crippen molar-refractivity contribution >= 4 is 20.9 Å². The average molecular weight is 747 g/mol. The first kappa shape index (κ1) is 43.7. The predicted octanol–water partition coefficient (Wildman–Crippen LogP) is 7.06. The third kappa shape index (κ3) is 12.5. The van der Waals surface area contributed by atoms with Crippen molar-refractivity contribution in [3.05, 3.63) is 130 Å². The van der Waals surface area contributed by atoms with E-state index in [-0.39, 0.29) is 7.43 Å². The Balaban J connectivity index is 0.000000358. The molecule has 0 spiro atoms. The van der Waals surface area contributed by atoms with Crippen LogP contribution in [0.2, 0.25) is 0 Å². The van der Waals surface area contributed by atoms with Gasteiger partial charge in [-0.25, -0.2) is 0 Å². The van der Waals surface area contributed by atoms with E-state index < -0.39 is 0 Å². The molecule has 5 aromatic heterocycles. The minimum absolute atomic E-state index is 0. The molecule has 0 bridgehead atoms. The first-order valence-corrected chi connectivity index (χ1v) is 17.0. The molecule has 10 nitrogen and oxygen atoms in total. The summed E-state index contributed by atoms with van der Waals surface area (Å²) in [7, 11) is 0. The van der Waals surface area contributed by atoms with Crippen LogP contribution in [0.4, 0.5) is 0 Å². The Hall–Kier alpha value is -4.34. The number of hydrogen-bond acceptors (Lipinski definition) is 7. The van der Waals surface area contributed by atoms with Crippen molar-refractivity contribution in [2.45, 2.75) is 76.7 Å². The number of nitrogens with one attached hydrogen (secondary N) is 2. The van der Waals surface area contributed by atoms with E-state index in [0.717, 1.165) is 51.4 Å². The van der Waals surface area contributed by atoms with Gasteiger partial charge >= 0.3 is 214 Å². The number of rotatable bonds is 7. The van der Waals surface area contributed by atoms with Gasteiger partial charge in [0.05, 0.1) is 11.4 Å². The van der Waals surface area contributed by atoms with Crippen molar-refractivity contribution in [1.82, 2.24) is 40.1 Å². The number of hydrogen-bond donors (Lipinski definition) is 2. The van der Waals surface area contributed by atoms with E-state index in [2.05, 4.69) is 100 Å². The maximum atomic E-state index is 5.35. The summed E-state index contributed by atoms with van der Waals surface area (Å²) in [5, 5.41) is 18.3. The minimum atomic E-state index is 0. The van der Waals surface area contributed by atoms with Crippen LogP contribution in [-0.4, -0.2) is 61.0 Å². The summed E-state index contributed by atoms with van der Waals surface area (Å²) in [5.74, 6) is 0.773. The summed E-state index contributed by atoms with van der Waals surface area (Å²) in [6.07, 6.45) is 2.53. The third-order valence-electron chi connectivity index (χ3n) is 7.68. The van der Waals surface area contributed by atoms with Gasteiger partial charge in [0.1, 0.15) is 0 Å². The Labute approximate surface area is 315 Å². The van der Waals surface area contributed by atoms with Gasteiger partial charge in [0.15, 0.2) is 0 Å². The fraction of sp³-hybridized carbons (Fsp3) is 0.289. The van der Waals surface area contributed by atoms with Crippen LogP contribution in [0, 0.1) is 82.4 Å². The van der Waals surface area contributed by atoms with Crippen molar-refractivity contribution in [2.24, 2.45) is 9.98 Å². The molecule has 0 radical (unpaired) electrons. The molecule has 0 aliphatic rings. The van der Waals surface area contributed by atoms with Crippen molar-refractivity contribution in [1.29, 1.82) is 0 Å². The van der Waals surface area contributed by atoms with Crippen molar-refractivity contribution in [2.75, 3.05) is 0 Å². The van der Waals surface area contributed by atoms with Gasteiger partial charge in [-0.1, -0.05) is 7.43 Å². The zero-order valence-corrected chi connectivity index (χ0v) is 32.7. The average Bonchev–Trinajstić information content (AvgIpc) is 3.67. The van der Waals surface area contributed by atoms with Crippen LogP contribution in [0.3, 0.4) is 0 Å². The molecule has 262 valence electrons. The van der Waals surface area contributed by atoms with Gasteiger partial charge in [0.25, 0.3) is 0 Å². The van der Waals surface area contributed by atoms with Crippen molar-refractivity contribution < 1.29 is 34.0 Å². The second-order valence-electron chi connectivity index (χ2n) is 11.0. The van der Waals surface area contributed by atoms with E-state index in [0.29, 0.717) is 5.71 Å². The van der Waals surface area contributed by atoms with E-state index in [1.807, 2.05) is 99.0 Å². The van der Waals surface area contributed by atoms with E-state index >= 15 is 0 Å². The molecule has 0 saturated carbocycles. The predicted molar refractivity (Wildman–Crippen MR) is 200 cm³/mol. The van der Waals surface area contributed by atoms with E-state index in [1.54, 1.807) is 0 Å². The monoisotopic (exact) mass is 746 g/mol. The fourth-order valence-corrected chi connectivity index (χ4v) is 4.64. The van der Waals surface area contributed by atoms with Gasteiger partial charge in [-0.3, -0.25) is 10.2 Å². The molecule has 5 rings (SSSR count). The van der Waals surface area contributed by atoms with Crippen LogP contribution in [0.5, 0.6) is 0 Å². The van der Waals surface area contributed by atoms with Gasteiger partial charge in [-0.15, -0.1) is 0 Å². The van der Waals surface area contributed by atoms with E-state index in [1.165, 1.54) is 40.5 Å². The fourth-order valence-electron chi connectivity index (χ4n) is 4.02. The summed E-state index contributed by atoms with van der Waals surface area (Å²) in [6, 6.07) is 11.5. The Kier molecular flexibility index (Phi) is 18.9. The van der Waals surface area contributed by atoms with Gasteiger partial charge in [-0.05, 0) is 52.7 Å². The molecule has 2 N–H and O–H groups in total. The van der Waals surface area contributed by atoms with Crippen LogP contribution in [0.25, 0.3) is 5.82 Å². The van der Waals surface area contributed by atoms with E-state index in [4.69, 9.17) is 13.2 Å². The van der Waals surface area contributed by atoms with Crippen LogP contribution in [-0.2, 0) is 34.0 Å². The van der Waals surface area contributed by atoms with Crippen LogP contribution in [0.15, 0.2) is 58.8 Å². The molecule has 0 aromatic carbocycles. The first-order valence-electron chi connectivity index (χ1n) is 15.4. The summed E-state index contributed by atoms with van der Waals surface area (Å²) in [4.78, 5) is 17.0. The Morgan fingerprint density at radius 2 is 1.12 bits per heavy atom. The molecule has 50 heavy (non-hydrogen) atoms. The summed E-state index contributed by atoms with van der Waals surface area (Å²) in [5.41, 5.74) is 14.4. The summed E-state index contributed by atoms with van der Waals surface area (Å²) >= 11 is 4.70.